The van der Waals surface area contributed by atoms with Gasteiger partial charge in [-0.25, -0.2) is 0 Å². The van der Waals surface area contributed by atoms with Gasteiger partial charge < -0.3 is 20.3 Å². The predicted octanol–water partition coefficient (Wildman–Crippen LogP) is 0.349. The maximum atomic E-state index is 12.0. The summed E-state index contributed by atoms with van der Waals surface area (Å²) in [5.74, 6) is -1.60. The second-order valence-corrected chi connectivity index (χ2v) is 3.98. The standard InChI is InChI=1S/C13H18N2O5/c1-19-6-7-20-9-12(16)15(8-13(17)18)11-5-3-2-4-10(11)14/h2-5H,6-9,14H2,1H3,(H,17,18). The van der Waals surface area contributed by atoms with E-state index in [1.54, 1.807) is 24.3 Å². The Labute approximate surface area is 116 Å². The molecule has 0 aromatic heterocycles. The van der Waals surface area contributed by atoms with Crippen molar-refractivity contribution in [3.8, 4) is 0 Å². The van der Waals surface area contributed by atoms with Gasteiger partial charge in [-0.05, 0) is 12.1 Å². The van der Waals surface area contributed by atoms with E-state index in [1.165, 1.54) is 7.11 Å². The Balaban J connectivity index is 2.76. The largest absolute Gasteiger partial charge is 0.480 e. The van der Waals surface area contributed by atoms with Gasteiger partial charge in [0.25, 0.3) is 5.91 Å². The van der Waals surface area contributed by atoms with Crippen molar-refractivity contribution in [2.75, 3.05) is 44.1 Å². The summed E-state index contributed by atoms with van der Waals surface area (Å²) in [6, 6.07) is 6.57. The van der Waals surface area contributed by atoms with E-state index in [0.717, 1.165) is 4.90 Å². The van der Waals surface area contributed by atoms with Crippen molar-refractivity contribution in [3.05, 3.63) is 24.3 Å². The number of hydrogen-bond acceptors (Lipinski definition) is 5. The van der Waals surface area contributed by atoms with Crippen LogP contribution in [0.2, 0.25) is 0 Å². The first-order valence-corrected chi connectivity index (χ1v) is 5.99. The molecule has 0 unspecified atom stereocenters. The number of carbonyl (C=O) groups is 2. The topological polar surface area (TPSA) is 102 Å². The lowest BCUT2D eigenvalue weighted by molar-refractivity contribution is -0.137. The molecule has 3 N–H and O–H groups in total. The van der Waals surface area contributed by atoms with Crippen LogP contribution in [0.15, 0.2) is 24.3 Å². The maximum Gasteiger partial charge on any atom is 0.323 e. The van der Waals surface area contributed by atoms with Gasteiger partial charge in [0.1, 0.15) is 13.2 Å². The molecule has 1 amide bonds. The minimum Gasteiger partial charge on any atom is -0.480 e. The molecular weight excluding hydrogens is 264 g/mol. The lowest BCUT2D eigenvalue weighted by atomic mass is 10.2. The number of hydrogen-bond donors (Lipinski definition) is 2. The number of amides is 1. The van der Waals surface area contributed by atoms with Crippen LogP contribution in [0.5, 0.6) is 0 Å². The summed E-state index contributed by atoms with van der Waals surface area (Å²) in [4.78, 5) is 24.0. The van der Waals surface area contributed by atoms with Gasteiger partial charge in [-0.2, -0.15) is 0 Å². The molecule has 0 aliphatic carbocycles. The molecule has 0 radical (unpaired) electrons. The molecule has 0 atom stereocenters. The Bertz CT molecular complexity index is 464. The fourth-order valence-electron chi connectivity index (χ4n) is 1.56. The lowest BCUT2D eigenvalue weighted by Gasteiger charge is -2.22. The Kier molecular flexibility index (Phi) is 6.48. The molecule has 0 bridgehead atoms. The number of nitrogen functional groups attached to an aromatic ring is 1. The molecule has 7 nitrogen and oxygen atoms in total. The van der Waals surface area contributed by atoms with Gasteiger partial charge in [0.2, 0.25) is 0 Å². The number of nitrogens with two attached hydrogens (primary N) is 1. The molecule has 0 heterocycles. The van der Waals surface area contributed by atoms with Crippen LogP contribution in [0.1, 0.15) is 0 Å². The van der Waals surface area contributed by atoms with Crippen LogP contribution in [0.25, 0.3) is 0 Å². The number of methoxy groups -OCH3 is 1. The van der Waals surface area contributed by atoms with Crippen molar-refractivity contribution in [1.82, 2.24) is 0 Å². The molecule has 1 rings (SSSR count). The van der Waals surface area contributed by atoms with Gasteiger partial charge in [-0.15, -0.1) is 0 Å². The summed E-state index contributed by atoms with van der Waals surface area (Å²) < 4.78 is 9.90. The van der Waals surface area contributed by atoms with Gasteiger partial charge in [0, 0.05) is 7.11 Å². The van der Waals surface area contributed by atoms with E-state index in [-0.39, 0.29) is 13.2 Å². The molecule has 1 aromatic rings. The SMILES string of the molecule is COCCOCC(=O)N(CC(=O)O)c1ccccc1N. The molecular formula is C13H18N2O5. The highest BCUT2D eigenvalue weighted by atomic mass is 16.5. The predicted molar refractivity (Wildman–Crippen MR) is 73.5 cm³/mol. The molecule has 0 aliphatic heterocycles. The third-order valence-corrected chi connectivity index (χ3v) is 2.48. The molecule has 0 fully saturated rings. The first-order chi connectivity index (χ1) is 9.56. The Morgan fingerprint density at radius 2 is 2.00 bits per heavy atom. The van der Waals surface area contributed by atoms with Crippen molar-refractivity contribution in [2.45, 2.75) is 0 Å². The van der Waals surface area contributed by atoms with Crippen molar-refractivity contribution in [3.63, 3.8) is 0 Å². The van der Waals surface area contributed by atoms with Crippen LogP contribution >= 0.6 is 0 Å². The zero-order valence-electron chi connectivity index (χ0n) is 11.2. The Morgan fingerprint density at radius 1 is 1.30 bits per heavy atom. The third kappa shape index (κ3) is 4.87. The highest BCUT2D eigenvalue weighted by molar-refractivity contribution is 6.00. The summed E-state index contributed by atoms with van der Waals surface area (Å²) in [6.45, 7) is -0.0846. The van der Waals surface area contributed by atoms with Gasteiger partial charge in [0.05, 0.1) is 24.6 Å². The smallest absolute Gasteiger partial charge is 0.323 e. The van der Waals surface area contributed by atoms with Crippen LogP contribution in [-0.4, -0.2) is 50.5 Å². The molecule has 20 heavy (non-hydrogen) atoms. The minimum atomic E-state index is -1.13. The van der Waals surface area contributed by atoms with E-state index in [2.05, 4.69) is 0 Å². The number of ether oxygens (including phenoxy) is 2. The molecule has 110 valence electrons. The first-order valence-electron chi connectivity index (χ1n) is 5.99. The number of nitrogens with zero attached hydrogens (tertiary/aromatic N) is 1. The van der Waals surface area contributed by atoms with Crippen molar-refractivity contribution in [1.29, 1.82) is 0 Å². The van der Waals surface area contributed by atoms with Gasteiger partial charge in [0.15, 0.2) is 0 Å². The lowest BCUT2D eigenvalue weighted by Crippen LogP contribution is -2.38. The fraction of sp³-hybridized carbons (Fsp3) is 0.385. The van der Waals surface area contributed by atoms with Crippen molar-refractivity contribution >= 4 is 23.3 Å². The summed E-state index contributed by atoms with van der Waals surface area (Å²) in [5.41, 5.74) is 6.45. The summed E-state index contributed by atoms with van der Waals surface area (Å²) >= 11 is 0. The second-order valence-electron chi connectivity index (χ2n) is 3.98. The number of anilines is 2. The molecule has 0 spiro atoms. The third-order valence-electron chi connectivity index (χ3n) is 2.48. The average Bonchev–Trinajstić information content (AvgIpc) is 2.41. The number of aliphatic carboxylic acids is 1. The number of carboxylic acids is 1. The number of carboxylic acid groups (broad SMARTS) is 1. The zero-order chi connectivity index (χ0) is 15.0. The minimum absolute atomic E-state index is 0.231. The number of rotatable bonds is 8. The number of benzene rings is 1. The number of carbonyl (C=O) groups excluding carboxylic acids is 1. The Hall–Kier alpha value is -2.12. The normalized spacial score (nSPS) is 10.2. The average molecular weight is 282 g/mol. The van der Waals surface area contributed by atoms with Crippen LogP contribution < -0.4 is 10.6 Å². The van der Waals surface area contributed by atoms with Crippen LogP contribution in [-0.2, 0) is 19.1 Å². The second kappa shape index (κ2) is 8.13. The van der Waals surface area contributed by atoms with Gasteiger partial charge in [-0.3, -0.25) is 14.5 Å². The van der Waals surface area contributed by atoms with E-state index in [4.69, 9.17) is 20.3 Å². The highest BCUT2D eigenvalue weighted by Gasteiger charge is 2.20. The summed E-state index contributed by atoms with van der Waals surface area (Å²) in [5, 5.41) is 8.90. The van der Waals surface area contributed by atoms with Crippen molar-refractivity contribution in [2.24, 2.45) is 0 Å². The summed E-state index contributed by atoms with van der Waals surface area (Å²) in [7, 11) is 1.52. The van der Waals surface area contributed by atoms with E-state index in [0.29, 0.717) is 18.0 Å². The maximum absolute atomic E-state index is 12.0. The van der Waals surface area contributed by atoms with Crippen molar-refractivity contribution < 1.29 is 24.2 Å². The number of para-hydroxylation sites is 2. The van der Waals surface area contributed by atoms with Crippen LogP contribution in [0.3, 0.4) is 0 Å². The quantitative estimate of drug-likeness (QED) is 0.527. The molecule has 0 saturated heterocycles. The molecule has 1 aromatic carbocycles. The van der Waals surface area contributed by atoms with Gasteiger partial charge in [-0.1, -0.05) is 12.1 Å². The van der Waals surface area contributed by atoms with E-state index >= 15 is 0 Å². The van der Waals surface area contributed by atoms with E-state index < -0.39 is 18.4 Å². The molecule has 0 aliphatic rings. The van der Waals surface area contributed by atoms with Crippen LogP contribution in [0.4, 0.5) is 11.4 Å². The Morgan fingerprint density at radius 3 is 2.60 bits per heavy atom. The van der Waals surface area contributed by atoms with E-state index in [9.17, 15) is 9.59 Å². The fourth-order valence-corrected chi connectivity index (χ4v) is 1.56. The highest BCUT2D eigenvalue weighted by Crippen LogP contribution is 2.22. The van der Waals surface area contributed by atoms with Crippen LogP contribution in [0, 0.1) is 0 Å². The molecule has 7 heteroatoms. The monoisotopic (exact) mass is 282 g/mol. The zero-order valence-corrected chi connectivity index (χ0v) is 11.2. The molecule has 0 saturated carbocycles. The first kappa shape index (κ1) is 15.9. The summed E-state index contributed by atoms with van der Waals surface area (Å²) in [6.07, 6.45) is 0. The van der Waals surface area contributed by atoms with E-state index in [1.807, 2.05) is 0 Å². The van der Waals surface area contributed by atoms with Gasteiger partial charge >= 0.3 is 5.97 Å².